The Kier molecular flexibility index (Phi) is 5.39. The van der Waals surface area contributed by atoms with Crippen LogP contribution in [0.15, 0.2) is 28.7 Å². The second-order valence-electron chi connectivity index (χ2n) is 5.51. The molecule has 0 unspecified atom stereocenters. The lowest BCUT2D eigenvalue weighted by molar-refractivity contribution is -0.134. The Bertz CT molecular complexity index is 510. The van der Waals surface area contributed by atoms with Gasteiger partial charge in [-0.15, -0.1) is 0 Å². The SMILES string of the molecule is CCCCCNC(=O)C1(C(=O)Nc2ccc(Br)cc2)CC1. The summed E-state index contributed by atoms with van der Waals surface area (Å²) < 4.78 is 0.954. The normalized spacial score (nSPS) is 15.3. The topological polar surface area (TPSA) is 58.2 Å². The van der Waals surface area contributed by atoms with Gasteiger partial charge in [-0.2, -0.15) is 0 Å². The molecule has 1 aliphatic carbocycles. The van der Waals surface area contributed by atoms with Crippen LogP contribution in [0.4, 0.5) is 5.69 Å². The van der Waals surface area contributed by atoms with Crippen molar-refractivity contribution in [3.8, 4) is 0 Å². The lowest BCUT2D eigenvalue weighted by Crippen LogP contribution is -2.40. The van der Waals surface area contributed by atoms with E-state index in [1.54, 1.807) is 0 Å². The van der Waals surface area contributed by atoms with Crippen LogP contribution in [0.1, 0.15) is 39.0 Å². The fourth-order valence-corrected chi connectivity index (χ4v) is 2.48. The Hall–Kier alpha value is -1.36. The minimum absolute atomic E-state index is 0.131. The number of amides is 2. The molecule has 114 valence electrons. The predicted octanol–water partition coefficient (Wildman–Crippen LogP) is 3.47. The van der Waals surface area contributed by atoms with Crippen LogP contribution in [0, 0.1) is 5.41 Å². The van der Waals surface area contributed by atoms with Crippen LogP contribution in [-0.4, -0.2) is 18.4 Å². The molecule has 1 saturated carbocycles. The highest BCUT2D eigenvalue weighted by Gasteiger charge is 2.56. The fraction of sp³-hybridized carbons (Fsp3) is 0.500. The van der Waals surface area contributed by atoms with Crippen molar-refractivity contribution in [3.05, 3.63) is 28.7 Å². The molecule has 21 heavy (non-hydrogen) atoms. The van der Waals surface area contributed by atoms with E-state index in [0.717, 1.165) is 23.7 Å². The summed E-state index contributed by atoms with van der Waals surface area (Å²) in [6.07, 6.45) is 4.44. The summed E-state index contributed by atoms with van der Waals surface area (Å²) in [5, 5.41) is 5.72. The minimum atomic E-state index is -0.848. The third-order valence-electron chi connectivity index (χ3n) is 3.79. The molecule has 0 saturated heterocycles. The Balaban J connectivity index is 1.88. The van der Waals surface area contributed by atoms with Crippen LogP contribution in [0.5, 0.6) is 0 Å². The van der Waals surface area contributed by atoms with Crippen LogP contribution < -0.4 is 10.6 Å². The van der Waals surface area contributed by atoms with Gasteiger partial charge in [-0.05, 0) is 43.5 Å². The third kappa shape index (κ3) is 4.06. The average molecular weight is 353 g/mol. The van der Waals surface area contributed by atoms with E-state index in [-0.39, 0.29) is 11.8 Å². The standard InChI is InChI=1S/C16H21BrN2O2/c1-2-3-4-11-18-14(20)16(9-10-16)15(21)19-13-7-5-12(17)6-8-13/h5-8H,2-4,9-11H2,1H3,(H,18,20)(H,19,21). The van der Waals surface area contributed by atoms with Crippen molar-refractivity contribution in [2.45, 2.75) is 39.0 Å². The molecule has 1 fully saturated rings. The van der Waals surface area contributed by atoms with Gasteiger partial charge in [0.05, 0.1) is 0 Å². The number of halogens is 1. The maximum atomic E-state index is 12.3. The molecule has 2 N–H and O–H groups in total. The lowest BCUT2D eigenvalue weighted by Gasteiger charge is -2.15. The molecular weight excluding hydrogens is 332 g/mol. The van der Waals surface area contributed by atoms with E-state index >= 15 is 0 Å². The molecular formula is C16H21BrN2O2. The van der Waals surface area contributed by atoms with Gasteiger partial charge in [0.25, 0.3) is 0 Å². The molecule has 0 spiro atoms. The van der Waals surface area contributed by atoms with Gasteiger partial charge in [-0.25, -0.2) is 0 Å². The maximum Gasteiger partial charge on any atom is 0.240 e. The molecule has 1 aromatic carbocycles. The van der Waals surface area contributed by atoms with E-state index in [4.69, 9.17) is 0 Å². The summed E-state index contributed by atoms with van der Waals surface area (Å²) in [4.78, 5) is 24.5. The van der Waals surface area contributed by atoms with Crippen LogP contribution in [0.2, 0.25) is 0 Å². The molecule has 0 aliphatic heterocycles. The van der Waals surface area contributed by atoms with Gasteiger partial charge >= 0.3 is 0 Å². The number of hydrogen-bond donors (Lipinski definition) is 2. The van der Waals surface area contributed by atoms with E-state index < -0.39 is 5.41 Å². The second-order valence-corrected chi connectivity index (χ2v) is 6.42. The summed E-state index contributed by atoms with van der Waals surface area (Å²) in [5.41, 5.74) is -0.132. The van der Waals surface area contributed by atoms with Crippen molar-refractivity contribution in [3.63, 3.8) is 0 Å². The molecule has 0 heterocycles. The summed E-state index contributed by atoms with van der Waals surface area (Å²) in [6, 6.07) is 7.36. The Morgan fingerprint density at radius 1 is 1.14 bits per heavy atom. The molecule has 0 atom stereocenters. The molecule has 0 bridgehead atoms. The van der Waals surface area contributed by atoms with Crippen LogP contribution in [0.3, 0.4) is 0 Å². The molecule has 2 rings (SSSR count). The lowest BCUT2D eigenvalue weighted by atomic mass is 10.0. The van der Waals surface area contributed by atoms with Crippen molar-refractivity contribution < 1.29 is 9.59 Å². The first-order chi connectivity index (χ1) is 10.1. The van der Waals surface area contributed by atoms with E-state index in [1.807, 2.05) is 24.3 Å². The zero-order valence-corrected chi connectivity index (χ0v) is 13.8. The van der Waals surface area contributed by atoms with E-state index in [0.29, 0.717) is 25.1 Å². The van der Waals surface area contributed by atoms with Gasteiger partial charge < -0.3 is 10.6 Å². The van der Waals surface area contributed by atoms with Gasteiger partial charge in [0.2, 0.25) is 11.8 Å². The second kappa shape index (κ2) is 7.07. The number of anilines is 1. The van der Waals surface area contributed by atoms with Crippen molar-refractivity contribution in [1.29, 1.82) is 0 Å². The fourth-order valence-electron chi connectivity index (χ4n) is 2.21. The molecule has 1 aliphatic rings. The minimum Gasteiger partial charge on any atom is -0.355 e. The highest BCUT2D eigenvalue weighted by atomic mass is 79.9. The number of carbonyl (C=O) groups excluding carboxylic acids is 2. The summed E-state index contributed by atoms with van der Waals surface area (Å²) >= 11 is 3.35. The molecule has 0 aromatic heterocycles. The Morgan fingerprint density at radius 3 is 2.38 bits per heavy atom. The quantitative estimate of drug-likeness (QED) is 0.583. The molecule has 1 aromatic rings. The van der Waals surface area contributed by atoms with Crippen LogP contribution in [-0.2, 0) is 9.59 Å². The molecule has 2 amide bonds. The monoisotopic (exact) mass is 352 g/mol. The predicted molar refractivity (Wildman–Crippen MR) is 87.0 cm³/mol. The number of nitrogens with one attached hydrogen (secondary N) is 2. The van der Waals surface area contributed by atoms with Gasteiger partial charge in [-0.1, -0.05) is 35.7 Å². The highest BCUT2D eigenvalue weighted by Crippen LogP contribution is 2.46. The molecule has 4 nitrogen and oxygen atoms in total. The Morgan fingerprint density at radius 2 is 1.81 bits per heavy atom. The largest absolute Gasteiger partial charge is 0.355 e. The number of hydrogen-bond acceptors (Lipinski definition) is 2. The maximum absolute atomic E-state index is 12.3. The van der Waals surface area contributed by atoms with Crippen LogP contribution in [0.25, 0.3) is 0 Å². The third-order valence-corrected chi connectivity index (χ3v) is 4.32. The number of rotatable bonds is 7. The van der Waals surface area contributed by atoms with Crippen molar-refractivity contribution >= 4 is 33.4 Å². The van der Waals surface area contributed by atoms with Gasteiger partial charge in [0.15, 0.2) is 0 Å². The van der Waals surface area contributed by atoms with Crippen LogP contribution >= 0.6 is 15.9 Å². The molecule has 0 radical (unpaired) electrons. The van der Waals surface area contributed by atoms with E-state index in [9.17, 15) is 9.59 Å². The number of carbonyl (C=O) groups is 2. The Labute approximate surface area is 133 Å². The van der Waals surface area contributed by atoms with Gasteiger partial charge in [0.1, 0.15) is 5.41 Å². The number of unbranched alkanes of at least 4 members (excludes halogenated alkanes) is 2. The first kappa shape index (κ1) is 16.0. The average Bonchev–Trinajstić information content (AvgIpc) is 3.27. The zero-order valence-electron chi connectivity index (χ0n) is 12.2. The summed E-state index contributed by atoms with van der Waals surface area (Å²) in [7, 11) is 0. The molecule has 5 heteroatoms. The number of benzene rings is 1. The zero-order chi connectivity index (χ0) is 15.3. The van der Waals surface area contributed by atoms with Crippen molar-refractivity contribution in [1.82, 2.24) is 5.32 Å². The summed E-state index contributed by atoms with van der Waals surface area (Å²) in [5.74, 6) is -0.328. The first-order valence-corrected chi connectivity index (χ1v) is 8.23. The summed E-state index contributed by atoms with van der Waals surface area (Å²) in [6.45, 7) is 2.77. The van der Waals surface area contributed by atoms with Crippen molar-refractivity contribution in [2.75, 3.05) is 11.9 Å². The van der Waals surface area contributed by atoms with Crippen molar-refractivity contribution in [2.24, 2.45) is 5.41 Å². The van der Waals surface area contributed by atoms with Gasteiger partial charge in [-0.3, -0.25) is 9.59 Å². The van der Waals surface area contributed by atoms with Gasteiger partial charge in [0, 0.05) is 16.7 Å². The first-order valence-electron chi connectivity index (χ1n) is 7.44. The smallest absolute Gasteiger partial charge is 0.240 e. The van der Waals surface area contributed by atoms with E-state index in [1.165, 1.54) is 0 Å². The highest BCUT2D eigenvalue weighted by molar-refractivity contribution is 9.10. The van der Waals surface area contributed by atoms with E-state index in [2.05, 4.69) is 33.5 Å².